The average Bonchev–Trinajstić information content (AvgIpc) is 2.69. The summed E-state index contributed by atoms with van der Waals surface area (Å²) in [6.07, 6.45) is 0. The van der Waals surface area contributed by atoms with Crippen molar-refractivity contribution < 1.29 is 24.0 Å². The molecule has 7 nitrogen and oxygen atoms in total. The third kappa shape index (κ3) is 3.34. The SMILES string of the molecule is CC.O=C1OC(=O)c2ccc(Oc3ccc(Br)cc3[N+](=O)[O-])c3cccc1c23. The number of rotatable bonds is 3. The number of cyclic esters (lactones) is 2. The maximum Gasteiger partial charge on any atom is 0.346 e. The van der Waals surface area contributed by atoms with Gasteiger partial charge in [0.15, 0.2) is 0 Å². The van der Waals surface area contributed by atoms with E-state index < -0.39 is 16.9 Å². The molecule has 1 heterocycles. The summed E-state index contributed by atoms with van der Waals surface area (Å²) in [7, 11) is 0. The van der Waals surface area contributed by atoms with Crippen LogP contribution in [-0.2, 0) is 4.74 Å². The molecule has 0 unspecified atom stereocenters. The number of benzene rings is 3. The lowest BCUT2D eigenvalue weighted by Gasteiger charge is -2.17. The van der Waals surface area contributed by atoms with Crippen LogP contribution in [0.25, 0.3) is 10.8 Å². The van der Waals surface area contributed by atoms with Gasteiger partial charge >= 0.3 is 17.6 Å². The van der Waals surface area contributed by atoms with Crippen LogP contribution in [0.4, 0.5) is 5.69 Å². The van der Waals surface area contributed by atoms with Crippen molar-refractivity contribution in [1.82, 2.24) is 0 Å². The van der Waals surface area contributed by atoms with Gasteiger partial charge in [0.1, 0.15) is 5.75 Å². The lowest BCUT2D eigenvalue weighted by Crippen LogP contribution is -2.19. The molecular weight excluding hydrogens is 430 g/mol. The molecule has 3 aromatic rings. The van der Waals surface area contributed by atoms with Gasteiger partial charge in [-0.25, -0.2) is 9.59 Å². The van der Waals surface area contributed by atoms with Crippen molar-refractivity contribution in [3.05, 3.63) is 74.2 Å². The largest absolute Gasteiger partial charge is 0.449 e. The van der Waals surface area contributed by atoms with Crippen molar-refractivity contribution in [3.8, 4) is 11.5 Å². The van der Waals surface area contributed by atoms with Gasteiger partial charge < -0.3 is 9.47 Å². The van der Waals surface area contributed by atoms with E-state index in [0.717, 1.165) is 0 Å². The van der Waals surface area contributed by atoms with Crippen LogP contribution in [0.15, 0.2) is 53.0 Å². The maximum absolute atomic E-state index is 12.0. The molecular formula is C20H14BrNO6. The summed E-state index contributed by atoms with van der Waals surface area (Å²) < 4.78 is 11.0. The monoisotopic (exact) mass is 443 g/mol. The van der Waals surface area contributed by atoms with Crippen molar-refractivity contribution in [2.75, 3.05) is 0 Å². The number of nitro benzene ring substituents is 1. The predicted octanol–water partition coefficient (Wildman–Crippen LogP) is 5.64. The van der Waals surface area contributed by atoms with Crippen LogP contribution in [0.1, 0.15) is 34.6 Å². The normalized spacial score (nSPS) is 12.1. The minimum absolute atomic E-state index is 0.0450. The lowest BCUT2D eigenvalue weighted by atomic mass is 9.96. The molecule has 0 bridgehead atoms. The van der Waals surface area contributed by atoms with Crippen LogP contribution < -0.4 is 4.74 Å². The smallest absolute Gasteiger partial charge is 0.346 e. The second-order valence-electron chi connectivity index (χ2n) is 5.49. The first kappa shape index (κ1) is 19.5. The summed E-state index contributed by atoms with van der Waals surface area (Å²) in [5.74, 6) is -1.14. The van der Waals surface area contributed by atoms with Gasteiger partial charge in [-0.1, -0.05) is 41.9 Å². The summed E-state index contributed by atoms with van der Waals surface area (Å²) in [6, 6.07) is 12.3. The van der Waals surface area contributed by atoms with Crippen molar-refractivity contribution in [2.24, 2.45) is 0 Å². The number of halogens is 1. The highest BCUT2D eigenvalue weighted by molar-refractivity contribution is 9.10. The number of nitrogens with zero attached hydrogens (tertiary/aromatic N) is 1. The third-order valence-corrected chi connectivity index (χ3v) is 4.46. The van der Waals surface area contributed by atoms with E-state index in [1.54, 1.807) is 24.3 Å². The fraction of sp³-hybridized carbons (Fsp3) is 0.100. The van der Waals surface area contributed by atoms with Crippen LogP contribution in [0, 0.1) is 10.1 Å². The zero-order chi connectivity index (χ0) is 20.4. The average molecular weight is 444 g/mol. The molecule has 28 heavy (non-hydrogen) atoms. The first-order chi connectivity index (χ1) is 13.5. The molecule has 0 fully saturated rings. The minimum atomic E-state index is -0.736. The van der Waals surface area contributed by atoms with E-state index in [0.29, 0.717) is 21.0 Å². The molecule has 0 saturated carbocycles. The standard InChI is InChI=1S/C18H8BrNO6.C2H6/c19-9-4-6-15(13(8-9)20(23)24)25-14-7-5-12-16-10(14)2-1-3-11(16)17(21)26-18(12)22;1-2/h1-8H;1-2H3. The van der Waals surface area contributed by atoms with Crippen molar-refractivity contribution in [2.45, 2.75) is 13.8 Å². The molecule has 4 rings (SSSR count). The fourth-order valence-corrected chi connectivity index (χ4v) is 3.19. The molecule has 8 heteroatoms. The van der Waals surface area contributed by atoms with Gasteiger partial charge in [-0.05, 0) is 30.3 Å². The molecule has 1 aliphatic heterocycles. The lowest BCUT2D eigenvalue weighted by molar-refractivity contribution is -0.385. The molecule has 1 aliphatic rings. The second-order valence-corrected chi connectivity index (χ2v) is 6.40. The Balaban J connectivity index is 0.00000109. The second kappa shape index (κ2) is 7.77. The van der Waals surface area contributed by atoms with Crippen LogP contribution in [0.5, 0.6) is 11.5 Å². The first-order valence-corrected chi connectivity index (χ1v) is 9.19. The zero-order valence-electron chi connectivity index (χ0n) is 14.9. The van der Waals surface area contributed by atoms with Gasteiger partial charge in [0.05, 0.1) is 16.1 Å². The highest BCUT2D eigenvalue weighted by Crippen LogP contribution is 2.39. The fourth-order valence-electron chi connectivity index (χ4n) is 2.84. The van der Waals surface area contributed by atoms with E-state index >= 15 is 0 Å². The van der Waals surface area contributed by atoms with Gasteiger partial charge in [0.2, 0.25) is 5.75 Å². The summed E-state index contributed by atoms with van der Waals surface area (Å²) in [4.78, 5) is 34.6. The Morgan fingerprint density at radius 1 is 0.964 bits per heavy atom. The van der Waals surface area contributed by atoms with Crippen LogP contribution in [0.3, 0.4) is 0 Å². The number of hydrogen-bond acceptors (Lipinski definition) is 6. The number of carbonyl (C=O) groups excluding carboxylic acids is 2. The minimum Gasteiger partial charge on any atom is -0.449 e. The molecule has 0 N–H and O–H groups in total. The van der Waals surface area contributed by atoms with E-state index in [-0.39, 0.29) is 22.6 Å². The molecule has 0 spiro atoms. The quantitative estimate of drug-likeness (QED) is 0.225. The molecule has 3 aromatic carbocycles. The summed E-state index contributed by atoms with van der Waals surface area (Å²) in [5, 5.41) is 12.2. The summed E-state index contributed by atoms with van der Waals surface area (Å²) in [5.41, 5.74) is 0.274. The maximum atomic E-state index is 12.0. The highest BCUT2D eigenvalue weighted by Gasteiger charge is 2.28. The Labute approximate surface area is 168 Å². The van der Waals surface area contributed by atoms with Gasteiger partial charge in [0, 0.05) is 21.3 Å². The van der Waals surface area contributed by atoms with Gasteiger partial charge in [-0.15, -0.1) is 0 Å². The zero-order valence-corrected chi connectivity index (χ0v) is 16.5. The van der Waals surface area contributed by atoms with Crippen LogP contribution in [-0.4, -0.2) is 16.9 Å². The van der Waals surface area contributed by atoms with Crippen molar-refractivity contribution in [1.29, 1.82) is 0 Å². The van der Waals surface area contributed by atoms with Gasteiger partial charge in [0.25, 0.3) is 0 Å². The first-order valence-electron chi connectivity index (χ1n) is 8.40. The van der Waals surface area contributed by atoms with E-state index in [1.807, 2.05) is 13.8 Å². The van der Waals surface area contributed by atoms with E-state index in [4.69, 9.17) is 9.47 Å². The van der Waals surface area contributed by atoms with E-state index in [1.165, 1.54) is 24.3 Å². The molecule has 0 saturated heterocycles. The number of carbonyl (C=O) groups is 2. The Kier molecular flexibility index (Phi) is 5.41. The van der Waals surface area contributed by atoms with Gasteiger partial charge in [-0.3, -0.25) is 10.1 Å². The van der Waals surface area contributed by atoms with Crippen molar-refractivity contribution >= 4 is 44.3 Å². The van der Waals surface area contributed by atoms with Crippen LogP contribution >= 0.6 is 15.9 Å². The summed E-state index contributed by atoms with van der Waals surface area (Å²) in [6.45, 7) is 4.00. The Hall–Kier alpha value is -3.26. The van der Waals surface area contributed by atoms with E-state index in [2.05, 4.69) is 15.9 Å². The van der Waals surface area contributed by atoms with E-state index in [9.17, 15) is 19.7 Å². The number of ether oxygens (including phenoxy) is 2. The van der Waals surface area contributed by atoms with Crippen LogP contribution in [0.2, 0.25) is 0 Å². The summed E-state index contributed by atoms with van der Waals surface area (Å²) >= 11 is 3.19. The Morgan fingerprint density at radius 2 is 1.61 bits per heavy atom. The van der Waals surface area contributed by atoms with Gasteiger partial charge in [-0.2, -0.15) is 0 Å². The Morgan fingerprint density at radius 3 is 2.29 bits per heavy atom. The molecule has 0 radical (unpaired) electrons. The number of esters is 2. The number of nitro groups is 1. The predicted molar refractivity (Wildman–Crippen MR) is 106 cm³/mol. The highest BCUT2D eigenvalue weighted by atomic mass is 79.9. The molecule has 0 aromatic heterocycles. The molecule has 0 amide bonds. The Bertz CT molecular complexity index is 1100. The molecule has 0 atom stereocenters. The molecule has 0 aliphatic carbocycles. The topological polar surface area (TPSA) is 95.7 Å². The molecule has 142 valence electrons. The third-order valence-electron chi connectivity index (χ3n) is 3.96. The van der Waals surface area contributed by atoms with Crippen molar-refractivity contribution in [3.63, 3.8) is 0 Å². The number of hydrogen-bond donors (Lipinski definition) is 0.